The molecule has 0 fully saturated rings. The van der Waals surface area contributed by atoms with Crippen LogP contribution in [0.4, 0.5) is 0 Å². The zero-order valence-electron chi connectivity index (χ0n) is 18.1. The van der Waals surface area contributed by atoms with Gasteiger partial charge in [0.25, 0.3) is 11.8 Å². The van der Waals surface area contributed by atoms with Crippen molar-refractivity contribution < 1.29 is 19.1 Å². The number of benzene rings is 1. The summed E-state index contributed by atoms with van der Waals surface area (Å²) < 4.78 is 11.1. The third-order valence-electron chi connectivity index (χ3n) is 5.68. The minimum Gasteiger partial charge on any atom is -0.492 e. The lowest BCUT2D eigenvalue weighted by Crippen LogP contribution is -2.34. The number of allylic oxidation sites excluding steroid dienone is 1. The lowest BCUT2D eigenvalue weighted by Gasteiger charge is -2.19. The Morgan fingerprint density at radius 1 is 1.29 bits per heavy atom. The number of rotatable bonds is 5. The number of aliphatic imine (C=N–C) groups is 1. The van der Waals surface area contributed by atoms with Crippen molar-refractivity contribution in [1.29, 1.82) is 0 Å². The van der Waals surface area contributed by atoms with E-state index in [1.54, 1.807) is 26.3 Å². The molecule has 0 radical (unpaired) electrons. The van der Waals surface area contributed by atoms with Gasteiger partial charge in [-0.3, -0.25) is 9.59 Å². The van der Waals surface area contributed by atoms with E-state index in [-0.39, 0.29) is 24.3 Å². The zero-order chi connectivity index (χ0) is 22.1. The van der Waals surface area contributed by atoms with Crippen molar-refractivity contribution in [3.8, 4) is 22.8 Å². The molecule has 2 atom stereocenters. The quantitative estimate of drug-likeness (QED) is 0.801. The topological polar surface area (TPSA) is 89.9 Å². The molecule has 0 spiro atoms. The summed E-state index contributed by atoms with van der Waals surface area (Å²) in [6, 6.07) is 7.35. The maximum absolute atomic E-state index is 13.0. The number of nitrogens with one attached hydrogen (secondary N) is 1. The fourth-order valence-electron chi connectivity index (χ4n) is 3.94. The number of carbonyl (C=O) groups is 2. The summed E-state index contributed by atoms with van der Waals surface area (Å²) in [7, 11) is 1.57. The van der Waals surface area contributed by atoms with Crippen molar-refractivity contribution in [2.24, 2.45) is 10.9 Å². The number of hydrogen-bond acceptors (Lipinski definition) is 5. The van der Waals surface area contributed by atoms with Gasteiger partial charge in [-0.1, -0.05) is 12.5 Å². The van der Waals surface area contributed by atoms with Crippen molar-refractivity contribution in [3.05, 3.63) is 53.2 Å². The molecule has 3 heterocycles. The summed E-state index contributed by atoms with van der Waals surface area (Å²) in [4.78, 5) is 33.5. The Morgan fingerprint density at radius 2 is 2.10 bits per heavy atom. The van der Waals surface area contributed by atoms with Gasteiger partial charge < -0.3 is 14.8 Å². The number of aromatic nitrogens is 1. The molecular formula is C24H25N3O4. The predicted octanol–water partition coefficient (Wildman–Crippen LogP) is 3.55. The zero-order valence-corrected chi connectivity index (χ0v) is 18.1. The number of fused-ring (bicyclic) bond motifs is 1. The minimum atomic E-state index is -0.436. The summed E-state index contributed by atoms with van der Waals surface area (Å²) in [6.07, 6.45) is 3.58. The van der Waals surface area contributed by atoms with Gasteiger partial charge in [-0.15, -0.1) is 0 Å². The van der Waals surface area contributed by atoms with Gasteiger partial charge in [0.05, 0.1) is 19.6 Å². The molecule has 0 aliphatic carbocycles. The number of amides is 2. The Hall–Kier alpha value is -3.48. The Balaban J connectivity index is 1.61. The molecule has 2 aromatic rings. The highest BCUT2D eigenvalue weighted by atomic mass is 16.5. The highest BCUT2D eigenvalue weighted by Crippen LogP contribution is 2.42. The lowest BCUT2D eigenvalue weighted by atomic mass is 9.94. The second-order valence-corrected chi connectivity index (χ2v) is 7.99. The van der Waals surface area contributed by atoms with Gasteiger partial charge in [0.2, 0.25) is 5.88 Å². The van der Waals surface area contributed by atoms with Crippen LogP contribution in [0.5, 0.6) is 11.6 Å². The number of dihydropyridines is 1. The number of pyridine rings is 1. The number of carbonyl (C=O) groups excluding carboxylic acids is 2. The van der Waals surface area contributed by atoms with E-state index in [0.717, 1.165) is 28.0 Å². The Kier molecular flexibility index (Phi) is 5.59. The molecule has 2 unspecified atom stereocenters. The molecule has 1 aromatic carbocycles. The van der Waals surface area contributed by atoms with E-state index in [2.05, 4.69) is 22.2 Å². The average molecular weight is 419 g/mol. The smallest absolute Gasteiger partial charge is 0.254 e. The van der Waals surface area contributed by atoms with Crippen LogP contribution in [0.15, 0.2) is 47.1 Å². The van der Waals surface area contributed by atoms with Crippen LogP contribution in [0.3, 0.4) is 0 Å². The number of hydrogen-bond donors (Lipinski definition) is 1. The van der Waals surface area contributed by atoms with Crippen LogP contribution in [0.1, 0.15) is 42.6 Å². The van der Waals surface area contributed by atoms with Crippen molar-refractivity contribution in [2.45, 2.75) is 26.7 Å². The highest BCUT2D eigenvalue weighted by Gasteiger charge is 2.28. The summed E-state index contributed by atoms with van der Waals surface area (Å²) >= 11 is 0. The first-order valence-corrected chi connectivity index (χ1v) is 10.2. The first-order chi connectivity index (χ1) is 14.9. The third-order valence-corrected chi connectivity index (χ3v) is 5.68. The Bertz CT molecular complexity index is 1100. The molecule has 0 saturated carbocycles. The maximum atomic E-state index is 13.0. The normalized spacial score (nSPS) is 19.8. The second kappa shape index (κ2) is 8.34. The molecule has 0 bridgehead atoms. The molecule has 4 rings (SSSR count). The number of methoxy groups -OCH3 is 1. The van der Waals surface area contributed by atoms with Crippen LogP contribution in [0.2, 0.25) is 0 Å². The molecule has 1 N–H and O–H groups in total. The molecule has 2 aliphatic heterocycles. The minimum absolute atomic E-state index is 0.176. The molecule has 1 aromatic heterocycles. The van der Waals surface area contributed by atoms with Gasteiger partial charge in [-0.05, 0) is 38.1 Å². The van der Waals surface area contributed by atoms with E-state index in [4.69, 9.17) is 9.47 Å². The molecule has 0 saturated heterocycles. The summed E-state index contributed by atoms with van der Waals surface area (Å²) in [6.45, 7) is 6.52. The number of nitrogens with zero attached hydrogens (tertiary/aromatic N) is 2. The van der Waals surface area contributed by atoms with Gasteiger partial charge in [0.15, 0.2) is 0 Å². The van der Waals surface area contributed by atoms with Crippen molar-refractivity contribution >= 4 is 17.5 Å². The highest BCUT2D eigenvalue weighted by molar-refractivity contribution is 6.06. The Labute approximate surface area is 181 Å². The molecular weight excluding hydrogens is 394 g/mol. The molecule has 7 heteroatoms. The Morgan fingerprint density at radius 3 is 2.77 bits per heavy atom. The monoisotopic (exact) mass is 419 g/mol. The molecule has 2 aliphatic rings. The standard InChI is InChI=1S/C24H25N3O4/c1-13-7-15(3)27-24(29)20(13)11-26-23(28)17-8-18-14(2)12-31-22(18)19(9-17)16-5-6-21(30-4)25-10-16/h5-10,14,20H,11-12H2,1-4H3,(H,26,28). The van der Waals surface area contributed by atoms with E-state index in [1.165, 1.54) is 0 Å². The van der Waals surface area contributed by atoms with Gasteiger partial charge in [0, 0.05) is 52.7 Å². The summed E-state index contributed by atoms with van der Waals surface area (Å²) in [5, 5.41) is 2.90. The summed E-state index contributed by atoms with van der Waals surface area (Å²) in [5.41, 5.74) is 4.75. The first kappa shape index (κ1) is 20.8. The number of ether oxygens (including phenoxy) is 2. The average Bonchev–Trinajstić information content (AvgIpc) is 3.13. The lowest BCUT2D eigenvalue weighted by molar-refractivity contribution is -0.120. The van der Waals surface area contributed by atoms with Crippen LogP contribution in [0.25, 0.3) is 11.1 Å². The fraction of sp³-hybridized carbons (Fsp3) is 0.333. The largest absolute Gasteiger partial charge is 0.492 e. The van der Waals surface area contributed by atoms with Crippen LogP contribution >= 0.6 is 0 Å². The van der Waals surface area contributed by atoms with Crippen molar-refractivity contribution in [2.75, 3.05) is 20.3 Å². The van der Waals surface area contributed by atoms with E-state index in [1.807, 2.05) is 31.2 Å². The van der Waals surface area contributed by atoms with Gasteiger partial charge in [-0.2, -0.15) is 0 Å². The van der Waals surface area contributed by atoms with Crippen LogP contribution in [-0.4, -0.2) is 42.8 Å². The van der Waals surface area contributed by atoms with Crippen molar-refractivity contribution in [1.82, 2.24) is 10.3 Å². The van der Waals surface area contributed by atoms with E-state index >= 15 is 0 Å². The van der Waals surface area contributed by atoms with E-state index in [9.17, 15) is 9.59 Å². The van der Waals surface area contributed by atoms with Crippen LogP contribution in [0, 0.1) is 5.92 Å². The van der Waals surface area contributed by atoms with E-state index < -0.39 is 5.92 Å². The molecule has 31 heavy (non-hydrogen) atoms. The van der Waals surface area contributed by atoms with Gasteiger partial charge in [-0.25, -0.2) is 9.98 Å². The third kappa shape index (κ3) is 4.08. The fourth-order valence-corrected chi connectivity index (χ4v) is 3.94. The predicted molar refractivity (Wildman–Crippen MR) is 118 cm³/mol. The maximum Gasteiger partial charge on any atom is 0.254 e. The first-order valence-electron chi connectivity index (χ1n) is 10.2. The SMILES string of the molecule is COc1ccc(-c2cc(C(=O)NCC3C(=O)N=C(C)C=C3C)cc3c2OCC3C)cn1. The molecule has 7 nitrogen and oxygen atoms in total. The second-order valence-electron chi connectivity index (χ2n) is 7.99. The molecule has 160 valence electrons. The van der Waals surface area contributed by atoms with Gasteiger partial charge >= 0.3 is 0 Å². The van der Waals surface area contributed by atoms with Crippen LogP contribution < -0.4 is 14.8 Å². The summed E-state index contributed by atoms with van der Waals surface area (Å²) in [5.74, 6) is 0.573. The van der Waals surface area contributed by atoms with Gasteiger partial charge in [0.1, 0.15) is 5.75 Å². The van der Waals surface area contributed by atoms with Crippen molar-refractivity contribution in [3.63, 3.8) is 0 Å². The van der Waals surface area contributed by atoms with Crippen LogP contribution in [-0.2, 0) is 4.79 Å². The van der Waals surface area contributed by atoms with E-state index in [0.29, 0.717) is 23.8 Å². The molecule has 2 amide bonds.